The van der Waals surface area contributed by atoms with E-state index in [2.05, 4.69) is 20.3 Å². The van der Waals surface area contributed by atoms with Crippen LogP contribution in [0, 0.1) is 12.8 Å². The van der Waals surface area contributed by atoms with Crippen LogP contribution in [-0.4, -0.2) is 54.9 Å². The van der Waals surface area contributed by atoms with Gasteiger partial charge in [0.15, 0.2) is 5.69 Å². The fourth-order valence-electron chi connectivity index (χ4n) is 5.34. The summed E-state index contributed by atoms with van der Waals surface area (Å²) in [4.78, 5) is 51.3. The van der Waals surface area contributed by atoms with Gasteiger partial charge in [-0.25, -0.2) is 14.6 Å². The van der Waals surface area contributed by atoms with Gasteiger partial charge in [0.25, 0.3) is 0 Å². The van der Waals surface area contributed by atoms with E-state index in [0.717, 1.165) is 48.6 Å². The van der Waals surface area contributed by atoms with Crippen molar-refractivity contribution in [2.75, 3.05) is 0 Å². The highest BCUT2D eigenvalue weighted by Crippen LogP contribution is 2.30. The Labute approximate surface area is 222 Å². The van der Waals surface area contributed by atoms with Crippen LogP contribution in [0.2, 0.25) is 0 Å². The molecule has 38 heavy (non-hydrogen) atoms. The number of aromatic amines is 2. The minimum Gasteiger partial charge on any atom is -0.476 e. The Balaban J connectivity index is 1.78. The monoisotopic (exact) mass is 522 g/mol. The van der Waals surface area contributed by atoms with E-state index in [1.165, 1.54) is 4.90 Å². The number of rotatable bonds is 9. The third-order valence-corrected chi connectivity index (χ3v) is 7.25. The van der Waals surface area contributed by atoms with Crippen LogP contribution in [0.4, 0.5) is 4.79 Å². The number of imide groups is 1. The highest BCUT2D eigenvalue weighted by atomic mass is 16.4. The minimum atomic E-state index is -1.18. The van der Waals surface area contributed by atoms with Gasteiger partial charge in [-0.3, -0.25) is 9.69 Å². The summed E-state index contributed by atoms with van der Waals surface area (Å²) in [5, 5.41) is 13.7. The van der Waals surface area contributed by atoms with Crippen molar-refractivity contribution in [1.29, 1.82) is 0 Å². The molecule has 3 amide bonds. The molecule has 4 rings (SSSR count). The third-order valence-electron chi connectivity index (χ3n) is 7.25. The van der Waals surface area contributed by atoms with Crippen molar-refractivity contribution in [3.05, 3.63) is 53.2 Å². The lowest BCUT2D eigenvalue weighted by molar-refractivity contribution is -0.132. The van der Waals surface area contributed by atoms with Crippen molar-refractivity contribution in [1.82, 2.24) is 25.2 Å². The van der Waals surface area contributed by atoms with Gasteiger partial charge in [-0.15, -0.1) is 0 Å². The van der Waals surface area contributed by atoms with E-state index >= 15 is 0 Å². The Morgan fingerprint density at radius 3 is 2.55 bits per heavy atom. The number of imidazole rings is 1. The van der Waals surface area contributed by atoms with Crippen molar-refractivity contribution in [3.8, 4) is 0 Å². The first-order chi connectivity index (χ1) is 18.2. The number of H-pyrrole nitrogens is 2. The number of aromatic carboxylic acids is 1. The zero-order valence-electron chi connectivity index (χ0n) is 22.3. The van der Waals surface area contributed by atoms with E-state index in [1.54, 1.807) is 6.92 Å². The molecule has 10 nitrogen and oxygen atoms in total. The van der Waals surface area contributed by atoms with Crippen molar-refractivity contribution >= 4 is 28.8 Å². The van der Waals surface area contributed by atoms with Gasteiger partial charge in [-0.2, -0.15) is 0 Å². The molecule has 0 radical (unpaired) electrons. The number of nitrogens with two attached hydrogens (primary N) is 1. The maximum absolute atomic E-state index is 13.9. The van der Waals surface area contributed by atoms with Crippen LogP contribution in [0.15, 0.2) is 30.5 Å². The van der Waals surface area contributed by atoms with E-state index in [0.29, 0.717) is 12.1 Å². The van der Waals surface area contributed by atoms with Crippen LogP contribution in [-0.2, 0) is 11.2 Å². The summed E-state index contributed by atoms with van der Waals surface area (Å²) in [6.07, 6.45) is 7.34. The number of nitrogens with one attached hydrogen (secondary N) is 3. The van der Waals surface area contributed by atoms with Crippen molar-refractivity contribution in [2.45, 2.75) is 83.8 Å². The van der Waals surface area contributed by atoms with E-state index in [4.69, 9.17) is 5.73 Å². The van der Waals surface area contributed by atoms with Crippen LogP contribution < -0.4 is 11.1 Å². The molecule has 2 atom stereocenters. The largest absolute Gasteiger partial charge is 0.476 e. The molecule has 0 unspecified atom stereocenters. The van der Waals surface area contributed by atoms with Crippen molar-refractivity contribution in [2.24, 2.45) is 11.7 Å². The highest BCUT2D eigenvalue weighted by Gasteiger charge is 2.38. The summed E-state index contributed by atoms with van der Waals surface area (Å²) in [6.45, 7) is 5.55. The SMILES string of the molecule is Cc1[nH]c([C@@H](Cc2c[nH]c3ccccc23)N(C(=O)NC2CCCCC2)C(=O)[C@@H](N)CC(C)C)nc1C(=O)O. The second-order valence-corrected chi connectivity index (χ2v) is 10.7. The van der Waals surface area contributed by atoms with Crippen LogP contribution in [0.3, 0.4) is 0 Å². The maximum Gasteiger partial charge on any atom is 0.356 e. The molecule has 1 aliphatic rings. The molecule has 2 aromatic heterocycles. The Hall–Kier alpha value is -3.66. The number of hydrogen-bond donors (Lipinski definition) is 5. The lowest BCUT2D eigenvalue weighted by Crippen LogP contribution is -2.54. The summed E-state index contributed by atoms with van der Waals surface area (Å²) in [5.74, 6) is -1.32. The van der Waals surface area contributed by atoms with E-state index in [1.807, 2.05) is 44.3 Å². The zero-order chi connectivity index (χ0) is 27.4. The molecule has 3 aromatic rings. The zero-order valence-corrected chi connectivity index (χ0v) is 22.3. The first-order valence-electron chi connectivity index (χ1n) is 13.4. The van der Waals surface area contributed by atoms with Gasteiger partial charge in [0.2, 0.25) is 5.91 Å². The van der Waals surface area contributed by atoms with Crippen molar-refractivity contribution < 1.29 is 19.5 Å². The number of carboxylic acids is 1. The minimum absolute atomic E-state index is 0.0328. The number of amides is 3. The summed E-state index contributed by atoms with van der Waals surface area (Å²) in [6, 6.07) is 5.41. The van der Waals surface area contributed by atoms with Gasteiger partial charge in [0, 0.05) is 35.3 Å². The quantitative estimate of drug-likeness (QED) is 0.280. The molecule has 1 aliphatic carbocycles. The number of nitrogens with zero attached hydrogens (tertiary/aromatic N) is 2. The molecule has 0 saturated heterocycles. The van der Waals surface area contributed by atoms with E-state index in [9.17, 15) is 19.5 Å². The second-order valence-electron chi connectivity index (χ2n) is 10.7. The average molecular weight is 523 g/mol. The summed E-state index contributed by atoms with van der Waals surface area (Å²) >= 11 is 0. The van der Waals surface area contributed by atoms with Gasteiger partial charge < -0.3 is 26.1 Å². The molecule has 2 heterocycles. The summed E-state index contributed by atoms with van der Waals surface area (Å²) in [7, 11) is 0. The molecule has 10 heteroatoms. The lowest BCUT2D eigenvalue weighted by atomic mass is 9.95. The molecule has 1 saturated carbocycles. The van der Waals surface area contributed by atoms with Gasteiger partial charge in [0.1, 0.15) is 11.9 Å². The Morgan fingerprint density at radius 1 is 1.18 bits per heavy atom. The van der Waals surface area contributed by atoms with Crippen LogP contribution in [0.5, 0.6) is 0 Å². The fourth-order valence-corrected chi connectivity index (χ4v) is 5.34. The second kappa shape index (κ2) is 11.8. The number of benzene rings is 1. The molecule has 0 spiro atoms. The maximum atomic E-state index is 13.9. The Morgan fingerprint density at radius 2 is 1.89 bits per heavy atom. The number of hydrogen-bond acceptors (Lipinski definition) is 5. The van der Waals surface area contributed by atoms with Crippen LogP contribution in [0.1, 0.15) is 86.0 Å². The van der Waals surface area contributed by atoms with Crippen LogP contribution >= 0.6 is 0 Å². The topological polar surface area (TPSA) is 157 Å². The normalized spacial score (nSPS) is 15.9. The van der Waals surface area contributed by atoms with Gasteiger partial charge in [-0.05, 0) is 43.7 Å². The third kappa shape index (κ3) is 6.07. The number of urea groups is 1. The van der Waals surface area contributed by atoms with Gasteiger partial charge in [-0.1, -0.05) is 51.3 Å². The number of para-hydroxylation sites is 1. The molecule has 1 fully saturated rings. The number of carbonyl (C=O) groups is 3. The Bertz CT molecular complexity index is 1290. The van der Waals surface area contributed by atoms with Gasteiger partial charge in [0.05, 0.1) is 6.04 Å². The van der Waals surface area contributed by atoms with Gasteiger partial charge >= 0.3 is 12.0 Å². The lowest BCUT2D eigenvalue weighted by Gasteiger charge is -2.33. The highest BCUT2D eigenvalue weighted by molar-refractivity contribution is 5.98. The number of aromatic nitrogens is 3. The summed E-state index contributed by atoms with van der Waals surface area (Å²) in [5.41, 5.74) is 8.35. The predicted octanol–water partition coefficient (Wildman–Crippen LogP) is 4.43. The standard InChI is InChI=1S/C28H38N6O4/c1-16(2)13-21(29)26(35)34(28(38)32-19-9-5-4-6-10-19)23(25-31-17(3)24(33-25)27(36)37)14-18-15-30-22-12-8-7-11-20(18)22/h7-8,11-12,15-16,19,21,23,30H,4-6,9-10,13-14,29H2,1-3H3,(H,31,33)(H,32,38)(H,36,37)/t21-,23+/m0/s1. The molecule has 1 aromatic carbocycles. The fraction of sp³-hybridized carbons (Fsp3) is 0.500. The number of fused-ring (bicyclic) bond motifs is 1. The smallest absolute Gasteiger partial charge is 0.356 e. The van der Waals surface area contributed by atoms with E-state index < -0.39 is 30.0 Å². The first kappa shape index (κ1) is 27.4. The number of carbonyl (C=O) groups excluding carboxylic acids is 2. The van der Waals surface area contributed by atoms with Crippen LogP contribution in [0.25, 0.3) is 10.9 Å². The molecular formula is C28H38N6O4. The average Bonchev–Trinajstić information content (AvgIpc) is 3.47. The number of carboxylic acid groups (broad SMARTS) is 1. The molecule has 0 aliphatic heterocycles. The first-order valence-corrected chi connectivity index (χ1v) is 13.4. The molecule has 0 bridgehead atoms. The molecular weight excluding hydrogens is 484 g/mol. The molecule has 6 N–H and O–H groups in total. The predicted molar refractivity (Wildman–Crippen MR) is 145 cm³/mol. The Kier molecular flexibility index (Phi) is 8.51. The molecule has 204 valence electrons. The number of aryl methyl sites for hydroxylation is 1. The van der Waals surface area contributed by atoms with E-state index in [-0.39, 0.29) is 29.9 Å². The summed E-state index contributed by atoms with van der Waals surface area (Å²) < 4.78 is 0. The van der Waals surface area contributed by atoms with Crippen molar-refractivity contribution in [3.63, 3.8) is 0 Å².